The lowest BCUT2D eigenvalue weighted by atomic mass is 9.84. The highest BCUT2D eigenvalue weighted by Gasteiger charge is 2.13. The molecule has 2 aliphatic carbocycles. The molecule has 0 unspecified atom stereocenters. The Kier molecular flexibility index (Phi) is 19.8. The highest BCUT2D eigenvalue weighted by Crippen LogP contribution is 2.27. The van der Waals surface area contributed by atoms with Gasteiger partial charge in [0.2, 0.25) is 0 Å². The summed E-state index contributed by atoms with van der Waals surface area (Å²) in [4.78, 5) is 0. The maximum atomic E-state index is 12.6. The van der Waals surface area contributed by atoms with E-state index in [1.807, 2.05) is 13.0 Å². The van der Waals surface area contributed by atoms with Gasteiger partial charge in [-0.25, -0.2) is 4.39 Å². The van der Waals surface area contributed by atoms with Gasteiger partial charge >= 0.3 is 0 Å². The Hall–Kier alpha value is -1.63. The van der Waals surface area contributed by atoms with Crippen molar-refractivity contribution >= 4 is 0 Å². The van der Waals surface area contributed by atoms with Crippen molar-refractivity contribution in [1.29, 1.82) is 0 Å². The van der Waals surface area contributed by atoms with Gasteiger partial charge in [0.15, 0.2) is 0 Å². The van der Waals surface area contributed by atoms with E-state index in [1.54, 1.807) is 13.0 Å². The van der Waals surface area contributed by atoms with Gasteiger partial charge in [0, 0.05) is 1.43 Å². The minimum Gasteiger partial charge on any atom is -0.207 e. The van der Waals surface area contributed by atoms with Crippen LogP contribution in [0.15, 0.2) is 42.5 Å². The van der Waals surface area contributed by atoms with E-state index >= 15 is 0 Å². The smallest absolute Gasteiger partial charge is 0.126 e. The van der Waals surface area contributed by atoms with Gasteiger partial charge in [0.1, 0.15) is 5.82 Å². The standard InChI is InChI=1S/C8H9F.2C8H16.C8H10.2CH4.H2/c1-6-3-4-7(2)8(9)5-6;3*1-7-3-5-8(2)6-4-7;;;/h3-5H,1-2H3;2*7-8H,3-6H2,1-2H3;3-6H,1-2H3;2*1H4;1H. The largest absolute Gasteiger partial charge is 0.207 e. The van der Waals surface area contributed by atoms with Crippen molar-refractivity contribution in [3.8, 4) is 0 Å². The zero-order chi connectivity index (χ0) is 24.8. The van der Waals surface area contributed by atoms with Gasteiger partial charge < -0.3 is 0 Å². The van der Waals surface area contributed by atoms with Gasteiger partial charge in [0.25, 0.3) is 0 Å². The maximum Gasteiger partial charge on any atom is 0.126 e. The first-order valence-electron chi connectivity index (χ1n) is 13.3. The van der Waals surface area contributed by atoms with Crippen LogP contribution < -0.4 is 0 Å². The van der Waals surface area contributed by atoms with E-state index in [-0.39, 0.29) is 22.1 Å². The van der Waals surface area contributed by atoms with E-state index in [0.29, 0.717) is 5.56 Å². The molecule has 2 aromatic rings. The monoisotopic (exact) mass is 488 g/mol. The highest BCUT2D eigenvalue weighted by atomic mass is 19.1. The van der Waals surface area contributed by atoms with Crippen molar-refractivity contribution in [1.82, 2.24) is 0 Å². The number of aryl methyl sites for hydroxylation is 4. The minimum atomic E-state index is -0.116. The lowest BCUT2D eigenvalue weighted by Gasteiger charge is -2.22. The lowest BCUT2D eigenvalue weighted by molar-refractivity contribution is 0.308. The van der Waals surface area contributed by atoms with E-state index in [9.17, 15) is 4.39 Å². The van der Waals surface area contributed by atoms with Gasteiger partial charge in [0.05, 0.1) is 0 Å². The molecule has 2 aliphatic rings. The number of benzene rings is 2. The molecule has 0 heterocycles. The Morgan fingerprint density at radius 1 is 0.514 bits per heavy atom. The van der Waals surface area contributed by atoms with E-state index < -0.39 is 0 Å². The highest BCUT2D eigenvalue weighted by molar-refractivity contribution is 5.21. The molecular weight excluding hydrogens is 427 g/mol. The molecular formula is C34H61F. The van der Waals surface area contributed by atoms with Crippen LogP contribution >= 0.6 is 0 Å². The van der Waals surface area contributed by atoms with E-state index in [0.717, 1.165) is 29.2 Å². The molecule has 2 aromatic carbocycles. The summed E-state index contributed by atoms with van der Waals surface area (Å²) in [5, 5.41) is 0. The van der Waals surface area contributed by atoms with Gasteiger partial charge in [-0.05, 0) is 68.6 Å². The second kappa shape index (κ2) is 19.5. The predicted octanol–water partition coefficient (Wildman–Crippen LogP) is 11.9. The van der Waals surface area contributed by atoms with E-state index in [2.05, 4.69) is 65.8 Å². The van der Waals surface area contributed by atoms with Crippen molar-refractivity contribution in [2.45, 2.75) is 122 Å². The summed E-state index contributed by atoms with van der Waals surface area (Å²) in [6.07, 6.45) is 11.8. The Balaban J connectivity index is -0.000000393. The molecule has 4 rings (SSSR count). The number of rotatable bonds is 0. The van der Waals surface area contributed by atoms with Crippen molar-refractivity contribution in [3.05, 3.63) is 70.5 Å². The molecule has 2 saturated carbocycles. The summed E-state index contributed by atoms with van der Waals surface area (Å²) >= 11 is 0. The summed E-state index contributed by atoms with van der Waals surface area (Å²) in [5.74, 6) is 3.96. The summed E-state index contributed by atoms with van der Waals surface area (Å²) in [6.45, 7) is 17.3. The van der Waals surface area contributed by atoms with Crippen LogP contribution in [0.4, 0.5) is 4.39 Å². The van der Waals surface area contributed by atoms with E-state index in [4.69, 9.17) is 0 Å². The Morgan fingerprint density at radius 2 is 0.771 bits per heavy atom. The van der Waals surface area contributed by atoms with Crippen LogP contribution in [0.5, 0.6) is 0 Å². The number of hydrogen-bond acceptors (Lipinski definition) is 0. The molecule has 0 aromatic heterocycles. The van der Waals surface area contributed by atoms with Crippen LogP contribution in [0.25, 0.3) is 0 Å². The summed E-state index contributed by atoms with van der Waals surface area (Å²) < 4.78 is 12.6. The molecule has 0 nitrogen and oxygen atoms in total. The molecule has 0 aliphatic heterocycles. The summed E-state index contributed by atoms with van der Waals surface area (Å²) in [7, 11) is 0. The normalized spacial score (nSPS) is 22.8. The quantitative estimate of drug-likeness (QED) is 0.346. The average molecular weight is 489 g/mol. The molecule has 0 amide bonds. The number of hydrogen-bond donors (Lipinski definition) is 0. The lowest BCUT2D eigenvalue weighted by Crippen LogP contribution is -2.08. The molecule has 0 spiro atoms. The molecule has 0 bridgehead atoms. The van der Waals surface area contributed by atoms with Crippen molar-refractivity contribution in [3.63, 3.8) is 0 Å². The third kappa shape index (κ3) is 17.4. The Labute approximate surface area is 221 Å². The van der Waals surface area contributed by atoms with E-state index in [1.165, 1.54) is 68.6 Å². The fourth-order valence-electron chi connectivity index (χ4n) is 4.19. The van der Waals surface area contributed by atoms with Crippen LogP contribution in [-0.2, 0) is 0 Å². The van der Waals surface area contributed by atoms with Gasteiger partial charge in [-0.15, -0.1) is 0 Å². The van der Waals surface area contributed by atoms with Crippen LogP contribution in [-0.4, -0.2) is 0 Å². The first kappa shape index (κ1) is 35.5. The first-order chi connectivity index (χ1) is 15.6. The molecule has 0 radical (unpaired) electrons. The Morgan fingerprint density at radius 3 is 1.00 bits per heavy atom. The maximum absolute atomic E-state index is 12.6. The Bertz CT molecular complexity index is 690. The summed E-state index contributed by atoms with van der Waals surface area (Å²) in [6, 6.07) is 13.7. The molecule has 1 heteroatoms. The van der Waals surface area contributed by atoms with Crippen molar-refractivity contribution < 1.29 is 5.82 Å². The van der Waals surface area contributed by atoms with Crippen molar-refractivity contribution in [2.24, 2.45) is 23.7 Å². The second-order valence-corrected chi connectivity index (χ2v) is 11.1. The second-order valence-electron chi connectivity index (χ2n) is 11.1. The molecule has 0 N–H and O–H groups in total. The topological polar surface area (TPSA) is 0 Å². The average Bonchev–Trinajstić information content (AvgIpc) is 2.79. The fraction of sp³-hybridized carbons (Fsp3) is 0.647. The molecule has 2 fully saturated rings. The van der Waals surface area contributed by atoms with Crippen LogP contribution in [0.3, 0.4) is 0 Å². The fourth-order valence-corrected chi connectivity index (χ4v) is 4.19. The SMILES string of the molecule is C.C.CC1CCC(C)CC1.CC1CCC(C)CC1.Cc1ccc(C)c(F)c1.Cc1ccc(C)cc1.[HH]. The molecule has 204 valence electrons. The molecule has 35 heavy (non-hydrogen) atoms. The third-order valence-electron chi connectivity index (χ3n) is 7.15. The summed E-state index contributed by atoms with van der Waals surface area (Å²) in [5.41, 5.74) is 4.34. The predicted molar refractivity (Wildman–Crippen MR) is 161 cm³/mol. The van der Waals surface area contributed by atoms with Crippen LogP contribution in [0, 0.1) is 57.2 Å². The molecule has 0 atom stereocenters. The van der Waals surface area contributed by atoms with Gasteiger partial charge in [-0.3, -0.25) is 0 Å². The third-order valence-corrected chi connectivity index (χ3v) is 7.15. The zero-order valence-corrected chi connectivity index (χ0v) is 22.9. The molecule has 0 saturated heterocycles. The van der Waals surface area contributed by atoms with Crippen LogP contribution in [0.1, 0.15) is 118 Å². The van der Waals surface area contributed by atoms with Gasteiger partial charge in [-0.2, -0.15) is 0 Å². The van der Waals surface area contributed by atoms with Crippen molar-refractivity contribution in [2.75, 3.05) is 0 Å². The zero-order valence-electron chi connectivity index (χ0n) is 22.9. The first-order valence-corrected chi connectivity index (χ1v) is 13.3. The number of halogens is 1. The minimum absolute atomic E-state index is 0. The van der Waals surface area contributed by atoms with Gasteiger partial charge in [-0.1, -0.05) is 141 Å². The van der Waals surface area contributed by atoms with Crippen LogP contribution in [0.2, 0.25) is 0 Å².